The molecule has 100 valence electrons. The van der Waals surface area contributed by atoms with Crippen molar-refractivity contribution in [3.63, 3.8) is 0 Å². The Morgan fingerprint density at radius 2 is 1.88 bits per heavy atom. The van der Waals surface area contributed by atoms with E-state index in [9.17, 15) is 5.11 Å². The van der Waals surface area contributed by atoms with Gasteiger partial charge < -0.3 is 19.7 Å². The van der Waals surface area contributed by atoms with Gasteiger partial charge >= 0.3 is 0 Å². The highest BCUT2D eigenvalue weighted by atomic mass is 16.6. The lowest BCUT2D eigenvalue weighted by Crippen LogP contribution is -2.49. The van der Waals surface area contributed by atoms with Crippen LogP contribution in [0.2, 0.25) is 0 Å². The normalized spacial score (nSPS) is 30.2. The molecule has 0 aromatic heterocycles. The zero-order valence-corrected chi connectivity index (χ0v) is 10.4. The lowest BCUT2D eigenvalue weighted by Gasteiger charge is -2.39. The Labute approximate surface area is 102 Å². The fourth-order valence-electron chi connectivity index (χ4n) is 2.36. The first-order valence-corrected chi connectivity index (χ1v) is 6.32. The number of piperidine rings is 1. The van der Waals surface area contributed by atoms with E-state index < -0.39 is 12.3 Å². The molecule has 0 saturated carbocycles. The van der Waals surface area contributed by atoms with Crippen molar-refractivity contribution in [2.75, 3.05) is 19.7 Å². The summed E-state index contributed by atoms with van der Waals surface area (Å²) in [5, 5.41) is 18.5. The Morgan fingerprint density at radius 3 is 2.41 bits per heavy atom. The van der Waals surface area contributed by atoms with Gasteiger partial charge in [0.1, 0.15) is 0 Å². The van der Waals surface area contributed by atoms with Crippen molar-refractivity contribution in [2.45, 2.75) is 51.4 Å². The predicted octanol–water partition coefficient (Wildman–Crippen LogP) is -0.274. The maximum Gasteiger partial charge on any atom is 0.170 e. The molecule has 1 N–H and O–H groups in total. The smallest absolute Gasteiger partial charge is 0.170 e. The van der Waals surface area contributed by atoms with Crippen molar-refractivity contribution < 1.29 is 19.7 Å². The van der Waals surface area contributed by atoms with Crippen LogP contribution < -0.4 is 5.11 Å². The van der Waals surface area contributed by atoms with Crippen LogP contribution in [0.5, 0.6) is 0 Å². The van der Waals surface area contributed by atoms with Crippen molar-refractivity contribution in [1.82, 2.24) is 4.90 Å². The lowest BCUT2D eigenvalue weighted by atomic mass is 10.0. The van der Waals surface area contributed by atoms with E-state index in [2.05, 4.69) is 4.90 Å². The average Bonchev–Trinajstić information content (AvgIpc) is 2.30. The van der Waals surface area contributed by atoms with Crippen molar-refractivity contribution >= 4 is 5.97 Å². The third-order valence-electron chi connectivity index (χ3n) is 3.12. The van der Waals surface area contributed by atoms with Gasteiger partial charge in [-0.3, -0.25) is 4.90 Å². The number of carbonyl (C=O) groups excluding carboxylic acids is 1. The van der Waals surface area contributed by atoms with Gasteiger partial charge in [-0.25, -0.2) is 0 Å². The number of hydrogen-bond acceptors (Lipinski definition) is 5. The molecule has 0 aliphatic carbocycles. The number of aliphatic carboxylic acids is 1. The summed E-state index contributed by atoms with van der Waals surface area (Å²) < 4.78 is 5.26. The van der Waals surface area contributed by atoms with Gasteiger partial charge in [0.05, 0.1) is 6.04 Å². The Balaban J connectivity index is 0.000000317. The first-order valence-electron chi connectivity index (χ1n) is 6.32. The molecule has 5 nitrogen and oxygen atoms in total. The van der Waals surface area contributed by atoms with Crippen molar-refractivity contribution in [3.8, 4) is 0 Å². The van der Waals surface area contributed by atoms with Gasteiger partial charge in [-0.05, 0) is 45.7 Å². The number of hydrogen-bond donors (Lipinski definition) is 1. The van der Waals surface area contributed by atoms with Crippen molar-refractivity contribution in [3.05, 3.63) is 0 Å². The number of aliphatic hydroxyl groups excluding tert-OH is 1. The molecule has 0 aromatic rings. The van der Waals surface area contributed by atoms with Gasteiger partial charge in [0.2, 0.25) is 0 Å². The molecular weight excluding hydrogens is 222 g/mol. The van der Waals surface area contributed by atoms with Crippen LogP contribution in [0.4, 0.5) is 0 Å². The molecule has 2 heterocycles. The number of aliphatic hydroxyl groups is 1. The second-order valence-corrected chi connectivity index (χ2v) is 4.56. The zero-order chi connectivity index (χ0) is 12.7. The first kappa shape index (κ1) is 14.4. The Bertz CT molecular complexity index is 225. The summed E-state index contributed by atoms with van der Waals surface area (Å²) in [5.41, 5.74) is 0. The summed E-state index contributed by atoms with van der Waals surface area (Å²) >= 11 is 0. The fourth-order valence-corrected chi connectivity index (χ4v) is 2.36. The van der Waals surface area contributed by atoms with Crippen LogP contribution in [0, 0.1) is 0 Å². The molecule has 2 aliphatic heterocycles. The Morgan fingerprint density at radius 1 is 1.29 bits per heavy atom. The molecule has 17 heavy (non-hydrogen) atoms. The van der Waals surface area contributed by atoms with Gasteiger partial charge in [0.15, 0.2) is 6.29 Å². The van der Waals surface area contributed by atoms with Crippen LogP contribution in [0.25, 0.3) is 0 Å². The third kappa shape index (κ3) is 5.48. The van der Waals surface area contributed by atoms with E-state index in [4.69, 9.17) is 14.6 Å². The highest BCUT2D eigenvalue weighted by Crippen LogP contribution is 2.21. The number of carboxylic acids is 1. The molecule has 2 aliphatic rings. The molecule has 0 aromatic carbocycles. The molecule has 2 rings (SSSR count). The van der Waals surface area contributed by atoms with Gasteiger partial charge in [0.25, 0.3) is 0 Å². The van der Waals surface area contributed by atoms with E-state index >= 15 is 0 Å². The van der Waals surface area contributed by atoms with Crippen LogP contribution in [-0.2, 0) is 9.53 Å². The van der Waals surface area contributed by atoms with E-state index in [0.717, 1.165) is 39.5 Å². The van der Waals surface area contributed by atoms with E-state index in [1.165, 1.54) is 19.3 Å². The minimum Gasteiger partial charge on any atom is -0.550 e. The molecular formula is C12H22NO4-. The highest BCUT2D eigenvalue weighted by molar-refractivity contribution is 5.60. The molecule has 0 amide bonds. The van der Waals surface area contributed by atoms with Crippen molar-refractivity contribution in [2.24, 2.45) is 0 Å². The number of carboxylic acid groups (broad SMARTS) is 1. The number of carbonyl (C=O) groups is 1. The molecule has 0 radical (unpaired) electrons. The zero-order valence-electron chi connectivity index (χ0n) is 10.4. The maximum absolute atomic E-state index is 9.66. The highest BCUT2D eigenvalue weighted by Gasteiger charge is 2.29. The van der Waals surface area contributed by atoms with Gasteiger partial charge in [-0.2, -0.15) is 0 Å². The summed E-state index contributed by atoms with van der Waals surface area (Å²) in [6, 6.07) is 0.272. The summed E-state index contributed by atoms with van der Waals surface area (Å²) in [6.45, 7) is 3.99. The van der Waals surface area contributed by atoms with Gasteiger partial charge in [-0.1, -0.05) is 6.42 Å². The molecule has 2 unspecified atom stereocenters. The second-order valence-electron chi connectivity index (χ2n) is 4.56. The number of ether oxygens (including phenoxy) is 1. The lowest BCUT2D eigenvalue weighted by molar-refractivity contribution is -0.302. The van der Waals surface area contributed by atoms with Crippen LogP contribution >= 0.6 is 0 Å². The number of rotatable bonds is 1. The molecule has 0 spiro atoms. The SMILES string of the molecule is CC(=O)[O-].OC1OCCCC1N1CCCCC1. The van der Waals surface area contributed by atoms with Gasteiger partial charge in [0, 0.05) is 12.6 Å². The Kier molecular flexibility index (Phi) is 6.47. The maximum atomic E-state index is 9.66. The van der Waals surface area contributed by atoms with Crippen LogP contribution in [0.3, 0.4) is 0 Å². The summed E-state index contributed by atoms with van der Waals surface area (Å²) in [7, 11) is 0. The molecule has 2 atom stereocenters. The molecule has 2 saturated heterocycles. The minimum atomic E-state index is -1.08. The quantitative estimate of drug-likeness (QED) is 0.687. The summed E-state index contributed by atoms with van der Waals surface area (Å²) in [5.74, 6) is -1.08. The molecule has 2 fully saturated rings. The fraction of sp³-hybridized carbons (Fsp3) is 0.917. The third-order valence-corrected chi connectivity index (χ3v) is 3.12. The van der Waals surface area contributed by atoms with E-state index in [1.807, 2.05) is 0 Å². The van der Waals surface area contributed by atoms with E-state index in [1.54, 1.807) is 0 Å². The first-order chi connectivity index (χ1) is 8.11. The average molecular weight is 244 g/mol. The summed E-state index contributed by atoms with van der Waals surface area (Å²) in [4.78, 5) is 11.3. The van der Waals surface area contributed by atoms with Crippen LogP contribution in [-0.4, -0.2) is 48.0 Å². The largest absolute Gasteiger partial charge is 0.550 e. The van der Waals surface area contributed by atoms with Gasteiger partial charge in [-0.15, -0.1) is 0 Å². The molecule has 5 heteroatoms. The monoisotopic (exact) mass is 244 g/mol. The Hall–Kier alpha value is -0.650. The number of nitrogens with zero attached hydrogens (tertiary/aromatic N) is 1. The minimum absolute atomic E-state index is 0.272. The predicted molar refractivity (Wildman–Crippen MR) is 61.1 cm³/mol. The standard InChI is InChI=1S/C10H19NO2.C2H4O2/c12-10-9(5-4-8-13-10)11-6-2-1-3-7-11;1-2(3)4/h9-10,12H,1-8H2;1H3,(H,3,4)/p-1. The van der Waals surface area contributed by atoms with E-state index in [-0.39, 0.29) is 6.04 Å². The van der Waals surface area contributed by atoms with Crippen LogP contribution in [0.1, 0.15) is 39.0 Å². The second kappa shape index (κ2) is 7.63. The topological polar surface area (TPSA) is 72.8 Å². The summed E-state index contributed by atoms with van der Waals surface area (Å²) in [6.07, 6.45) is 5.57. The van der Waals surface area contributed by atoms with Crippen molar-refractivity contribution in [1.29, 1.82) is 0 Å². The number of likely N-dealkylation sites (tertiary alicyclic amines) is 1. The van der Waals surface area contributed by atoms with Crippen LogP contribution in [0.15, 0.2) is 0 Å². The molecule has 0 bridgehead atoms. The van der Waals surface area contributed by atoms with E-state index in [0.29, 0.717) is 0 Å².